The second-order valence-electron chi connectivity index (χ2n) is 7.57. The average Bonchev–Trinajstić information content (AvgIpc) is 3.20. The Morgan fingerprint density at radius 3 is 2.66 bits per heavy atom. The van der Waals surface area contributed by atoms with Gasteiger partial charge in [0.1, 0.15) is 11.5 Å². The van der Waals surface area contributed by atoms with E-state index in [9.17, 15) is 14.0 Å². The first kappa shape index (κ1) is 17.8. The van der Waals surface area contributed by atoms with Crippen LogP contribution >= 0.6 is 0 Å². The monoisotopic (exact) mass is 397 g/mol. The fourth-order valence-electron chi connectivity index (χ4n) is 4.32. The number of piperidine rings is 1. The third-order valence-corrected chi connectivity index (χ3v) is 6.05. The molecule has 3 aliphatic heterocycles. The molecular formula is C21H20FN3O4. The molecule has 1 spiro atoms. The molecular weight excluding hydrogens is 377 g/mol. The number of carbonyl (C=O) groups is 2. The van der Waals surface area contributed by atoms with Crippen LogP contribution in [0.2, 0.25) is 0 Å². The summed E-state index contributed by atoms with van der Waals surface area (Å²) in [5.74, 6) is 0.526. The molecule has 0 unspecified atom stereocenters. The number of carbonyl (C=O) groups excluding carboxylic acids is 2. The fraction of sp³-hybridized carbons (Fsp3) is 0.333. The number of nitrogens with zero attached hydrogens (tertiary/aromatic N) is 2. The fourth-order valence-corrected chi connectivity index (χ4v) is 4.32. The summed E-state index contributed by atoms with van der Waals surface area (Å²) in [7, 11) is 1.85. The molecule has 0 bridgehead atoms. The summed E-state index contributed by atoms with van der Waals surface area (Å²) in [5, 5.41) is 3.08. The molecule has 150 valence electrons. The quantitative estimate of drug-likeness (QED) is 0.800. The Hall–Kier alpha value is -3.29. The van der Waals surface area contributed by atoms with Crippen molar-refractivity contribution in [3.63, 3.8) is 0 Å². The van der Waals surface area contributed by atoms with Gasteiger partial charge in [-0.25, -0.2) is 4.39 Å². The lowest BCUT2D eigenvalue weighted by atomic mass is 9.90. The summed E-state index contributed by atoms with van der Waals surface area (Å²) in [6.45, 7) is 1.11. The molecule has 1 N–H and O–H groups in total. The van der Waals surface area contributed by atoms with Crippen LogP contribution in [-0.2, 0) is 0 Å². The van der Waals surface area contributed by atoms with Crippen molar-refractivity contribution in [2.75, 3.05) is 31.8 Å². The number of nitrogens with one attached hydrogen (secondary N) is 1. The average molecular weight is 397 g/mol. The number of amides is 2. The Bertz CT molecular complexity index is 1020. The molecule has 2 aromatic carbocycles. The number of benzene rings is 2. The zero-order chi connectivity index (χ0) is 20.2. The molecule has 0 aliphatic carbocycles. The van der Waals surface area contributed by atoms with Crippen molar-refractivity contribution in [3.8, 4) is 11.5 Å². The van der Waals surface area contributed by atoms with Gasteiger partial charge >= 0.3 is 0 Å². The van der Waals surface area contributed by atoms with Crippen LogP contribution in [-0.4, -0.2) is 49.3 Å². The number of fused-ring (bicyclic) bond motifs is 2. The highest BCUT2D eigenvalue weighted by molar-refractivity contribution is 6.02. The molecule has 7 nitrogen and oxygen atoms in total. The number of rotatable bonds is 1. The summed E-state index contributed by atoms with van der Waals surface area (Å²) < 4.78 is 24.4. The third kappa shape index (κ3) is 2.78. The normalized spacial score (nSPS) is 19.2. The lowest BCUT2D eigenvalue weighted by Gasteiger charge is -2.51. The van der Waals surface area contributed by atoms with Crippen LogP contribution in [0.4, 0.5) is 10.1 Å². The number of likely N-dealkylation sites (tertiary alicyclic amines) is 1. The summed E-state index contributed by atoms with van der Waals surface area (Å²) in [5.41, 5.74) is 0.935. The van der Waals surface area contributed by atoms with E-state index in [0.29, 0.717) is 54.2 Å². The molecule has 3 heterocycles. The minimum absolute atomic E-state index is 0.0885. The van der Waals surface area contributed by atoms with E-state index in [1.807, 2.05) is 11.9 Å². The Morgan fingerprint density at radius 2 is 1.86 bits per heavy atom. The van der Waals surface area contributed by atoms with E-state index in [0.717, 1.165) is 0 Å². The lowest BCUT2D eigenvalue weighted by Crippen LogP contribution is -2.67. The van der Waals surface area contributed by atoms with E-state index in [4.69, 9.17) is 9.47 Å². The lowest BCUT2D eigenvalue weighted by molar-refractivity contribution is 0.0608. The van der Waals surface area contributed by atoms with Gasteiger partial charge in [0.05, 0.1) is 11.3 Å². The second-order valence-corrected chi connectivity index (χ2v) is 7.57. The largest absolute Gasteiger partial charge is 0.454 e. The Labute approximate surface area is 167 Å². The van der Waals surface area contributed by atoms with Gasteiger partial charge in [0, 0.05) is 38.5 Å². The molecule has 1 saturated heterocycles. The molecule has 5 rings (SSSR count). The predicted octanol–water partition coefficient (Wildman–Crippen LogP) is 2.37. The Kier molecular flexibility index (Phi) is 3.90. The first-order valence-electron chi connectivity index (χ1n) is 9.52. The van der Waals surface area contributed by atoms with Gasteiger partial charge < -0.3 is 24.6 Å². The molecule has 0 atom stereocenters. The van der Waals surface area contributed by atoms with Crippen molar-refractivity contribution < 1.29 is 23.5 Å². The van der Waals surface area contributed by atoms with Crippen LogP contribution in [0.3, 0.4) is 0 Å². The zero-order valence-electron chi connectivity index (χ0n) is 15.9. The van der Waals surface area contributed by atoms with Gasteiger partial charge in [-0.2, -0.15) is 0 Å². The SMILES string of the molecule is CN1c2cc(F)ccc2C(=O)NC12CCN(C(=O)c1ccc3c(c1)OCO3)CC2. The number of anilines is 1. The summed E-state index contributed by atoms with van der Waals surface area (Å²) in [6.07, 6.45) is 1.09. The van der Waals surface area contributed by atoms with Crippen molar-refractivity contribution in [1.29, 1.82) is 0 Å². The van der Waals surface area contributed by atoms with E-state index < -0.39 is 5.66 Å². The molecule has 8 heteroatoms. The molecule has 3 aliphatic rings. The number of ether oxygens (including phenoxy) is 2. The van der Waals surface area contributed by atoms with Crippen LogP contribution < -0.4 is 19.7 Å². The highest BCUT2D eigenvalue weighted by Gasteiger charge is 2.45. The van der Waals surface area contributed by atoms with Crippen molar-refractivity contribution >= 4 is 17.5 Å². The van der Waals surface area contributed by atoms with Gasteiger partial charge in [-0.05, 0) is 36.4 Å². The maximum absolute atomic E-state index is 13.8. The molecule has 2 amide bonds. The first-order chi connectivity index (χ1) is 14.0. The van der Waals surface area contributed by atoms with Crippen molar-refractivity contribution in [2.24, 2.45) is 0 Å². The number of hydrogen-bond donors (Lipinski definition) is 1. The third-order valence-electron chi connectivity index (χ3n) is 6.05. The van der Waals surface area contributed by atoms with Crippen LogP contribution in [0, 0.1) is 5.82 Å². The molecule has 0 aromatic heterocycles. The molecule has 2 aromatic rings. The van der Waals surface area contributed by atoms with Crippen LogP contribution in [0.1, 0.15) is 33.6 Å². The van der Waals surface area contributed by atoms with Crippen molar-refractivity contribution in [3.05, 3.63) is 53.3 Å². The summed E-state index contributed by atoms with van der Waals surface area (Å²) in [6, 6.07) is 9.34. The molecule has 29 heavy (non-hydrogen) atoms. The van der Waals surface area contributed by atoms with E-state index in [-0.39, 0.29) is 24.4 Å². The molecule has 1 fully saturated rings. The van der Waals surface area contributed by atoms with Gasteiger partial charge in [-0.3, -0.25) is 9.59 Å². The maximum atomic E-state index is 13.8. The summed E-state index contributed by atoms with van der Waals surface area (Å²) in [4.78, 5) is 29.2. The second kappa shape index (κ2) is 6.37. The molecule has 0 saturated carbocycles. The van der Waals surface area contributed by atoms with Crippen LogP contribution in [0.5, 0.6) is 11.5 Å². The van der Waals surface area contributed by atoms with E-state index in [1.165, 1.54) is 18.2 Å². The number of halogens is 1. The highest BCUT2D eigenvalue weighted by atomic mass is 19.1. The standard InChI is InChI=1S/C21H20FN3O4/c1-24-16-11-14(22)3-4-15(16)19(26)23-21(24)6-8-25(9-7-21)20(27)13-2-5-17-18(10-13)29-12-28-17/h2-5,10-11H,6-9,12H2,1H3,(H,23,26). The van der Waals surface area contributed by atoms with E-state index >= 15 is 0 Å². The zero-order valence-corrected chi connectivity index (χ0v) is 15.9. The minimum Gasteiger partial charge on any atom is -0.454 e. The van der Waals surface area contributed by atoms with Crippen molar-refractivity contribution in [1.82, 2.24) is 10.2 Å². The van der Waals surface area contributed by atoms with Gasteiger partial charge in [0.2, 0.25) is 6.79 Å². The van der Waals surface area contributed by atoms with Crippen LogP contribution in [0.25, 0.3) is 0 Å². The first-order valence-corrected chi connectivity index (χ1v) is 9.52. The van der Waals surface area contributed by atoms with E-state index in [2.05, 4.69) is 5.32 Å². The van der Waals surface area contributed by atoms with Crippen LogP contribution in [0.15, 0.2) is 36.4 Å². The van der Waals surface area contributed by atoms with Gasteiger partial charge in [-0.15, -0.1) is 0 Å². The maximum Gasteiger partial charge on any atom is 0.255 e. The molecule has 0 radical (unpaired) electrons. The predicted molar refractivity (Wildman–Crippen MR) is 103 cm³/mol. The number of hydrogen-bond acceptors (Lipinski definition) is 5. The van der Waals surface area contributed by atoms with Gasteiger partial charge in [-0.1, -0.05) is 0 Å². The Balaban J connectivity index is 1.35. The topological polar surface area (TPSA) is 71.1 Å². The smallest absolute Gasteiger partial charge is 0.255 e. The Morgan fingerprint density at radius 1 is 1.10 bits per heavy atom. The minimum atomic E-state index is -0.635. The highest BCUT2D eigenvalue weighted by Crippen LogP contribution is 2.37. The van der Waals surface area contributed by atoms with Crippen molar-refractivity contribution in [2.45, 2.75) is 18.5 Å². The van der Waals surface area contributed by atoms with E-state index in [1.54, 1.807) is 23.1 Å². The van der Waals surface area contributed by atoms with Gasteiger partial charge in [0.25, 0.3) is 11.8 Å². The van der Waals surface area contributed by atoms with Gasteiger partial charge in [0.15, 0.2) is 11.5 Å². The summed E-state index contributed by atoms with van der Waals surface area (Å²) >= 11 is 0.